The highest BCUT2D eigenvalue weighted by atomic mass is 32.2. The van der Waals surface area contributed by atoms with Crippen molar-refractivity contribution in [2.45, 2.75) is 18.4 Å². The highest BCUT2D eigenvalue weighted by Gasteiger charge is 2.08. The molecule has 17 heavy (non-hydrogen) atoms. The van der Waals surface area contributed by atoms with Crippen molar-refractivity contribution in [2.75, 3.05) is 0 Å². The Morgan fingerprint density at radius 3 is 2.82 bits per heavy atom. The van der Waals surface area contributed by atoms with Crippen molar-refractivity contribution >= 4 is 10.8 Å². The first kappa shape index (κ1) is 12.0. The number of aryl methyl sites for hydroxylation is 1. The molecule has 0 amide bonds. The van der Waals surface area contributed by atoms with Crippen molar-refractivity contribution in [3.63, 3.8) is 0 Å². The fourth-order valence-electron chi connectivity index (χ4n) is 1.51. The minimum Gasteiger partial charge on any atom is -0.360 e. The summed E-state index contributed by atoms with van der Waals surface area (Å²) in [5.41, 5.74) is 1.49. The van der Waals surface area contributed by atoms with Crippen LogP contribution in [0.1, 0.15) is 17.0 Å². The van der Waals surface area contributed by atoms with Crippen LogP contribution in [0.4, 0.5) is 4.39 Å². The zero-order valence-electron chi connectivity index (χ0n) is 9.35. The van der Waals surface area contributed by atoms with E-state index < -0.39 is 10.8 Å². The average molecular weight is 253 g/mol. The smallest absolute Gasteiger partial charge is 0.149 e. The molecule has 0 radical (unpaired) electrons. The first-order valence-electron chi connectivity index (χ1n) is 5.15. The monoisotopic (exact) mass is 253 g/mol. The second-order valence-corrected chi connectivity index (χ2v) is 5.25. The third kappa shape index (κ3) is 3.49. The molecule has 0 aliphatic heterocycles. The lowest BCUT2D eigenvalue weighted by Crippen LogP contribution is -1.99. The van der Waals surface area contributed by atoms with E-state index in [1.165, 1.54) is 12.1 Å². The van der Waals surface area contributed by atoms with Crippen molar-refractivity contribution in [3.05, 3.63) is 53.2 Å². The normalized spacial score (nSPS) is 12.6. The zero-order valence-corrected chi connectivity index (χ0v) is 10.2. The maximum atomic E-state index is 12.9. The van der Waals surface area contributed by atoms with E-state index >= 15 is 0 Å². The van der Waals surface area contributed by atoms with Crippen molar-refractivity contribution in [2.24, 2.45) is 0 Å². The van der Waals surface area contributed by atoms with Gasteiger partial charge in [0.2, 0.25) is 0 Å². The summed E-state index contributed by atoms with van der Waals surface area (Å²) in [6, 6.07) is 7.88. The second-order valence-electron chi connectivity index (χ2n) is 3.79. The second kappa shape index (κ2) is 5.23. The Hall–Kier alpha value is -1.49. The molecule has 1 aromatic carbocycles. The Balaban J connectivity index is 1.98. The fourth-order valence-corrected chi connectivity index (χ4v) is 2.61. The maximum Gasteiger partial charge on any atom is 0.149 e. The Bertz CT molecular complexity index is 539. The molecule has 2 aromatic rings. The molecule has 5 heteroatoms. The van der Waals surface area contributed by atoms with E-state index in [4.69, 9.17) is 4.52 Å². The zero-order chi connectivity index (χ0) is 12.3. The lowest BCUT2D eigenvalue weighted by atomic mass is 10.2. The summed E-state index contributed by atoms with van der Waals surface area (Å²) in [6.45, 7) is 1.81. The minimum atomic E-state index is -1.12. The predicted molar refractivity (Wildman–Crippen MR) is 63.2 cm³/mol. The Morgan fingerprint density at radius 1 is 1.35 bits per heavy atom. The van der Waals surface area contributed by atoms with Gasteiger partial charge in [0.25, 0.3) is 0 Å². The topological polar surface area (TPSA) is 43.1 Å². The van der Waals surface area contributed by atoms with Gasteiger partial charge < -0.3 is 4.52 Å². The highest BCUT2D eigenvalue weighted by molar-refractivity contribution is 7.83. The lowest BCUT2D eigenvalue weighted by molar-refractivity contribution is 0.390. The van der Waals surface area contributed by atoms with E-state index in [1.807, 2.05) is 6.92 Å². The highest BCUT2D eigenvalue weighted by Crippen LogP contribution is 2.11. The summed E-state index contributed by atoms with van der Waals surface area (Å²) in [5.74, 6) is 0.904. The number of rotatable bonds is 4. The van der Waals surface area contributed by atoms with E-state index in [2.05, 4.69) is 5.16 Å². The van der Waals surface area contributed by atoms with Crippen molar-refractivity contribution < 1.29 is 13.1 Å². The standard InChI is InChI=1S/C12H12FNO2S/c1-9-5-12(16-14-9)8-17(15)7-10-3-2-4-11(13)6-10/h2-6H,7-8H2,1H3/t17-/m0/s1. The van der Waals surface area contributed by atoms with Gasteiger partial charge in [-0.25, -0.2) is 4.39 Å². The molecule has 1 aromatic heterocycles. The summed E-state index contributed by atoms with van der Waals surface area (Å²) < 4.78 is 29.7. The van der Waals surface area contributed by atoms with Crippen LogP contribution in [0.2, 0.25) is 0 Å². The molecule has 0 aliphatic rings. The van der Waals surface area contributed by atoms with Crippen LogP contribution in [-0.2, 0) is 22.3 Å². The Kier molecular flexibility index (Phi) is 3.68. The van der Waals surface area contributed by atoms with Crippen molar-refractivity contribution in [1.82, 2.24) is 5.16 Å². The third-order valence-corrected chi connectivity index (χ3v) is 3.46. The number of nitrogens with zero attached hydrogens (tertiary/aromatic N) is 1. The van der Waals surface area contributed by atoms with Crippen LogP contribution in [-0.4, -0.2) is 9.37 Å². The molecule has 1 atom stereocenters. The molecule has 3 nitrogen and oxygen atoms in total. The summed E-state index contributed by atoms with van der Waals surface area (Å²) >= 11 is 0. The average Bonchev–Trinajstić information content (AvgIpc) is 2.63. The van der Waals surface area contributed by atoms with Crippen LogP contribution in [0.3, 0.4) is 0 Å². The van der Waals surface area contributed by atoms with E-state index in [-0.39, 0.29) is 5.82 Å². The van der Waals surface area contributed by atoms with Gasteiger partial charge in [0.15, 0.2) is 0 Å². The van der Waals surface area contributed by atoms with Crippen LogP contribution < -0.4 is 0 Å². The van der Waals surface area contributed by atoms with Gasteiger partial charge in [0.05, 0.1) is 11.4 Å². The minimum absolute atomic E-state index is 0.303. The molecule has 0 N–H and O–H groups in total. The first-order valence-corrected chi connectivity index (χ1v) is 6.64. The van der Waals surface area contributed by atoms with Crippen LogP contribution >= 0.6 is 0 Å². The van der Waals surface area contributed by atoms with Gasteiger partial charge in [-0.15, -0.1) is 0 Å². The fraction of sp³-hybridized carbons (Fsp3) is 0.250. The Morgan fingerprint density at radius 2 is 2.18 bits per heavy atom. The summed E-state index contributed by atoms with van der Waals surface area (Å²) in [6.07, 6.45) is 0. The molecular formula is C12H12FNO2S. The number of aromatic nitrogens is 1. The first-order chi connectivity index (χ1) is 8.13. The molecule has 0 saturated heterocycles. The van der Waals surface area contributed by atoms with E-state index in [1.54, 1.807) is 18.2 Å². The summed E-state index contributed by atoms with van der Waals surface area (Å²) in [7, 11) is -1.12. The molecule has 0 bridgehead atoms. The summed E-state index contributed by atoms with van der Waals surface area (Å²) in [4.78, 5) is 0. The molecule has 0 aliphatic carbocycles. The van der Waals surface area contributed by atoms with Gasteiger partial charge in [-0.2, -0.15) is 0 Å². The maximum absolute atomic E-state index is 12.9. The molecule has 0 spiro atoms. The molecule has 0 fully saturated rings. The molecule has 0 saturated carbocycles. The van der Waals surface area contributed by atoms with Crippen LogP contribution in [0, 0.1) is 12.7 Å². The SMILES string of the molecule is Cc1cc(C[S@@](=O)Cc2cccc(F)c2)on1. The van der Waals surface area contributed by atoms with E-state index in [0.717, 1.165) is 11.3 Å². The summed E-state index contributed by atoms with van der Waals surface area (Å²) in [5, 5.41) is 3.72. The van der Waals surface area contributed by atoms with E-state index in [0.29, 0.717) is 17.3 Å². The predicted octanol–water partition coefficient (Wildman–Crippen LogP) is 2.57. The molecular weight excluding hydrogens is 241 g/mol. The molecule has 2 rings (SSSR count). The van der Waals surface area contributed by atoms with Gasteiger partial charge >= 0.3 is 0 Å². The van der Waals surface area contributed by atoms with Crippen LogP contribution in [0.15, 0.2) is 34.9 Å². The van der Waals surface area contributed by atoms with Gasteiger partial charge in [-0.05, 0) is 24.6 Å². The number of halogens is 1. The number of hydrogen-bond donors (Lipinski definition) is 0. The quantitative estimate of drug-likeness (QED) is 0.841. The molecule has 0 unspecified atom stereocenters. The number of hydrogen-bond acceptors (Lipinski definition) is 3. The van der Waals surface area contributed by atoms with Crippen LogP contribution in [0.25, 0.3) is 0 Å². The van der Waals surface area contributed by atoms with Crippen molar-refractivity contribution in [3.8, 4) is 0 Å². The lowest BCUT2D eigenvalue weighted by Gasteiger charge is -2.00. The van der Waals surface area contributed by atoms with Gasteiger partial charge in [-0.1, -0.05) is 17.3 Å². The van der Waals surface area contributed by atoms with Crippen LogP contribution in [0.5, 0.6) is 0 Å². The van der Waals surface area contributed by atoms with Gasteiger partial charge in [0.1, 0.15) is 11.6 Å². The Labute approximate surface area is 101 Å². The third-order valence-electron chi connectivity index (χ3n) is 2.20. The van der Waals surface area contributed by atoms with Crippen molar-refractivity contribution in [1.29, 1.82) is 0 Å². The largest absolute Gasteiger partial charge is 0.360 e. The molecule has 1 heterocycles. The van der Waals surface area contributed by atoms with E-state index in [9.17, 15) is 8.60 Å². The van der Waals surface area contributed by atoms with Gasteiger partial charge in [0, 0.05) is 22.6 Å². The number of benzene rings is 1. The van der Waals surface area contributed by atoms with Gasteiger partial charge in [-0.3, -0.25) is 4.21 Å². The molecule has 90 valence electrons.